The van der Waals surface area contributed by atoms with Crippen LogP contribution < -0.4 is 10.0 Å². The Morgan fingerprint density at radius 3 is 2.28 bits per heavy atom. The van der Waals surface area contributed by atoms with Crippen LogP contribution in [0.2, 0.25) is 0 Å². The van der Waals surface area contributed by atoms with Crippen molar-refractivity contribution in [3.8, 4) is 0 Å². The van der Waals surface area contributed by atoms with Gasteiger partial charge in [-0.15, -0.1) is 11.3 Å². The molecule has 4 aromatic rings. The van der Waals surface area contributed by atoms with E-state index >= 15 is 0 Å². The maximum atomic E-state index is 12.8. The number of hydrogen-bond acceptors (Lipinski definition) is 5. The van der Waals surface area contributed by atoms with Gasteiger partial charge < -0.3 is 5.32 Å². The maximum absolute atomic E-state index is 12.8. The number of rotatable bonds is 7. The molecule has 0 fully saturated rings. The summed E-state index contributed by atoms with van der Waals surface area (Å²) in [6.07, 6.45) is 0.663. The largest absolute Gasteiger partial charge is 0.321 e. The SMILES string of the molecule is Cc1nc(Cc2ccccc2)sc1C(=O)Nc1cccc(NS(=O)(=O)c2ccccc2)c1. The first-order chi connectivity index (χ1) is 15.4. The molecule has 3 aromatic carbocycles. The van der Waals surface area contributed by atoms with Gasteiger partial charge >= 0.3 is 0 Å². The van der Waals surface area contributed by atoms with Crippen molar-refractivity contribution in [2.45, 2.75) is 18.2 Å². The molecule has 0 spiro atoms. The lowest BCUT2D eigenvalue weighted by atomic mass is 10.2. The Morgan fingerprint density at radius 1 is 0.906 bits per heavy atom. The molecule has 0 radical (unpaired) electrons. The second-order valence-electron chi connectivity index (χ2n) is 7.14. The molecule has 0 saturated heterocycles. The Bertz CT molecular complexity index is 1340. The fourth-order valence-corrected chi connectivity index (χ4v) is 5.24. The van der Waals surface area contributed by atoms with Crippen LogP contribution in [0.5, 0.6) is 0 Å². The average Bonchev–Trinajstić information content (AvgIpc) is 3.15. The molecule has 0 aliphatic rings. The van der Waals surface area contributed by atoms with E-state index in [1.807, 2.05) is 37.3 Å². The van der Waals surface area contributed by atoms with Crippen LogP contribution in [-0.4, -0.2) is 19.3 Å². The van der Waals surface area contributed by atoms with Crippen LogP contribution in [0.25, 0.3) is 0 Å². The van der Waals surface area contributed by atoms with Crippen LogP contribution in [0.15, 0.2) is 89.8 Å². The lowest BCUT2D eigenvalue weighted by Gasteiger charge is -2.10. The van der Waals surface area contributed by atoms with Gasteiger partial charge in [0, 0.05) is 12.1 Å². The molecular formula is C24H21N3O3S2. The molecule has 8 heteroatoms. The van der Waals surface area contributed by atoms with E-state index in [2.05, 4.69) is 15.0 Å². The van der Waals surface area contributed by atoms with E-state index < -0.39 is 10.0 Å². The molecule has 2 N–H and O–H groups in total. The van der Waals surface area contributed by atoms with Crippen LogP contribution in [0.4, 0.5) is 11.4 Å². The second-order valence-corrected chi connectivity index (χ2v) is 9.90. The van der Waals surface area contributed by atoms with Crippen molar-refractivity contribution in [2.75, 3.05) is 10.0 Å². The number of carbonyl (C=O) groups is 1. The summed E-state index contributed by atoms with van der Waals surface area (Å²) >= 11 is 1.36. The van der Waals surface area contributed by atoms with Gasteiger partial charge in [0.15, 0.2) is 0 Å². The first kappa shape index (κ1) is 21.7. The third-order valence-electron chi connectivity index (χ3n) is 4.67. The van der Waals surface area contributed by atoms with Crippen LogP contribution >= 0.6 is 11.3 Å². The zero-order valence-corrected chi connectivity index (χ0v) is 18.9. The van der Waals surface area contributed by atoms with E-state index in [4.69, 9.17) is 0 Å². The fraction of sp³-hybridized carbons (Fsp3) is 0.0833. The molecule has 1 amide bonds. The molecule has 162 valence electrons. The van der Waals surface area contributed by atoms with Gasteiger partial charge in [0.1, 0.15) is 4.88 Å². The average molecular weight is 464 g/mol. The first-order valence-corrected chi connectivity index (χ1v) is 12.2. The molecule has 6 nitrogen and oxygen atoms in total. The summed E-state index contributed by atoms with van der Waals surface area (Å²) in [4.78, 5) is 18.1. The zero-order chi connectivity index (χ0) is 22.6. The number of nitrogens with one attached hydrogen (secondary N) is 2. The summed E-state index contributed by atoms with van der Waals surface area (Å²) in [5.74, 6) is -0.276. The normalized spacial score (nSPS) is 11.2. The molecule has 4 rings (SSSR count). The Balaban J connectivity index is 1.47. The number of thiazole rings is 1. The van der Waals surface area contributed by atoms with Gasteiger partial charge in [-0.1, -0.05) is 54.6 Å². The van der Waals surface area contributed by atoms with E-state index in [1.54, 1.807) is 42.5 Å². The minimum atomic E-state index is -3.71. The highest BCUT2D eigenvalue weighted by Gasteiger charge is 2.17. The molecule has 0 aliphatic carbocycles. The molecule has 0 saturated carbocycles. The van der Waals surface area contributed by atoms with Crippen molar-refractivity contribution >= 4 is 38.6 Å². The van der Waals surface area contributed by atoms with Gasteiger partial charge in [0.2, 0.25) is 0 Å². The van der Waals surface area contributed by atoms with E-state index in [0.717, 1.165) is 10.6 Å². The monoisotopic (exact) mass is 463 g/mol. The maximum Gasteiger partial charge on any atom is 0.267 e. The second kappa shape index (κ2) is 9.33. The summed E-state index contributed by atoms with van der Waals surface area (Å²) in [5, 5.41) is 3.70. The lowest BCUT2D eigenvalue weighted by Crippen LogP contribution is -2.14. The predicted octanol–water partition coefficient (Wildman–Crippen LogP) is 5.10. The molecular weight excluding hydrogens is 442 g/mol. The summed E-state index contributed by atoms with van der Waals surface area (Å²) < 4.78 is 27.6. The highest BCUT2D eigenvalue weighted by molar-refractivity contribution is 7.92. The Labute approximate surface area is 191 Å². The van der Waals surface area contributed by atoms with Gasteiger partial charge in [-0.25, -0.2) is 13.4 Å². The number of amides is 1. The fourth-order valence-electron chi connectivity index (χ4n) is 3.17. The predicted molar refractivity (Wildman–Crippen MR) is 128 cm³/mol. The van der Waals surface area contributed by atoms with Crippen molar-refractivity contribution in [1.82, 2.24) is 4.98 Å². The standard InChI is InChI=1S/C24H21N3O3S2/c1-17-23(31-22(25-17)15-18-9-4-2-5-10-18)24(28)26-19-11-8-12-20(16-19)27-32(29,30)21-13-6-3-7-14-21/h2-14,16,27H,15H2,1H3,(H,26,28). The molecule has 0 bridgehead atoms. The molecule has 1 heterocycles. The van der Waals surface area contributed by atoms with Crippen molar-refractivity contribution < 1.29 is 13.2 Å². The quantitative estimate of drug-likeness (QED) is 0.399. The Morgan fingerprint density at radius 2 is 1.56 bits per heavy atom. The number of aromatic nitrogens is 1. The van der Waals surface area contributed by atoms with Crippen molar-refractivity contribution in [3.63, 3.8) is 0 Å². The van der Waals surface area contributed by atoms with Crippen molar-refractivity contribution in [1.29, 1.82) is 0 Å². The number of aryl methyl sites for hydroxylation is 1. The molecule has 1 aromatic heterocycles. The van der Waals surface area contributed by atoms with Gasteiger partial charge in [-0.2, -0.15) is 0 Å². The van der Waals surface area contributed by atoms with E-state index in [1.165, 1.54) is 23.5 Å². The number of nitrogens with zero attached hydrogens (tertiary/aromatic N) is 1. The lowest BCUT2D eigenvalue weighted by molar-refractivity contribution is 0.103. The van der Waals surface area contributed by atoms with Crippen LogP contribution in [-0.2, 0) is 16.4 Å². The summed E-state index contributed by atoms with van der Waals surface area (Å²) in [6.45, 7) is 1.81. The van der Waals surface area contributed by atoms with Crippen molar-refractivity contribution in [2.24, 2.45) is 0 Å². The van der Waals surface area contributed by atoms with Crippen LogP contribution in [0.1, 0.15) is 25.9 Å². The highest BCUT2D eigenvalue weighted by atomic mass is 32.2. The van der Waals surface area contributed by atoms with Gasteiger partial charge in [-0.05, 0) is 42.8 Å². The Hall–Kier alpha value is -3.49. The minimum absolute atomic E-state index is 0.167. The number of sulfonamides is 1. The topological polar surface area (TPSA) is 88.2 Å². The third-order valence-corrected chi connectivity index (χ3v) is 7.22. The number of benzene rings is 3. The summed E-state index contributed by atoms with van der Waals surface area (Å²) in [7, 11) is -3.71. The molecule has 0 aliphatic heterocycles. The van der Waals surface area contributed by atoms with Crippen LogP contribution in [0.3, 0.4) is 0 Å². The van der Waals surface area contributed by atoms with Gasteiger partial charge in [0.05, 0.1) is 21.3 Å². The highest BCUT2D eigenvalue weighted by Crippen LogP contribution is 2.24. The van der Waals surface area contributed by atoms with E-state index in [-0.39, 0.29) is 10.8 Å². The zero-order valence-electron chi connectivity index (χ0n) is 17.3. The first-order valence-electron chi connectivity index (χ1n) is 9.90. The van der Waals surface area contributed by atoms with Gasteiger partial charge in [0.25, 0.3) is 15.9 Å². The third kappa shape index (κ3) is 5.22. The Kier molecular flexibility index (Phi) is 6.34. The van der Waals surface area contributed by atoms with E-state index in [0.29, 0.717) is 28.4 Å². The van der Waals surface area contributed by atoms with Crippen molar-refractivity contribution in [3.05, 3.63) is 106 Å². The van der Waals surface area contributed by atoms with Gasteiger partial charge in [-0.3, -0.25) is 9.52 Å². The minimum Gasteiger partial charge on any atom is -0.321 e. The number of anilines is 2. The number of carbonyl (C=O) groups excluding carboxylic acids is 1. The van der Waals surface area contributed by atoms with Crippen LogP contribution in [0, 0.1) is 6.92 Å². The smallest absolute Gasteiger partial charge is 0.267 e. The molecule has 32 heavy (non-hydrogen) atoms. The summed E-state index contributed by atoms with van der Waals surface area (Å²) in [6, 6.07) is 24.7. The van der Waals surface area contributed by atoms with E-state index in [9.17, 15) is 13.2 Å². The summed E-state index contributed by atoms with van der Waals surface area (Å²) in [5.41, 5.74) is 2.64. The molecule has 0 unspecified atom stereocenters. The molecule has 0 atom stereocenters. The number of hydrogen-bond donors (Lipinski definition) is 2.